The number of likely N-dealkylation sites (tertiary alicyclic amines) is 1. The molecule has 3 fully saturated rings. The van der Waals surface area contributed by atoms with Crippen molar-refractivity contribution >= 4 is 11.7 Å². The lowest BCUT2D eigenvalue weighted by molar-refractivity contribution is -0.139. The van der Waals surface area contributed by atoms with E-state index < -0.39 is 17.2 Å². The van der Waals surface area contributed by atoms with E-state index in [-0.39, 0.29) is 18.1 Å². The molecule has 1 aromatic heterocycles. The first-order valence-electron chi connectivity index (χ1n) is 10.1. The number of amides is 1. The van der Waals surface area contributed by atoms with E-state index in [0.717, 1.165) is 63.8 Å². The van der Waals surface area contributed by atoms with Crippen LogP contribution in [0.1, 0.15) is 50.5 Å². The molecule has 28 heavy (non-hydrogen) atoms. The molecule has 1 atom stereocenters. The second-order valence-electron chi connectivity index (χ2n) is 8.42. The summed E-state index contributed by atoms with van der Waals surface area (Å²) in [5, 5.41) is 9.72. The van der Waals surface area contributed by atoms with Gasteiger partial charge in [-0.3, -0.25) is 4.79 Å². The van der Waals surface area contributed by atoms with Crippen molar-refractivity contribution in [1.82, 2.24) is 9.88 Å². The molecule has 1 N–H and O–H groups in total. The third-order valence-electron chi connectivity index (χ3n) is 6.63. The van der Waals surface area contributed by atoms with Gasteiger partial charge in [0.15, 0.2) is 0 Å². The van der Waals surface area contributed by atoms with Crippen LogP contribution < -0.4 is 4.90 Å². The highest BCUT2D eigenvalue weighted by molar-refractivity contribution is 5.86. The van der Waals surface area contributed by atoms with Crippen LogP contribution in [0.25, 0.3) is 0 Å². The van der Waals surface area contributed by atoms with Crippen LogP contribution in [0.2, 0.25) is 0 Å². The standard InChI is InChI=1S/C20H26F3N3O2/c21-20(22,23)14-2-7-17(24-12-14)25-10-1-8-19(13-25)9-11-26(18(19)28)15-3-5-16(27)6-4-15/h2,7,12,15-16,27H,1,3-6,8-11,13H2/t15?,16?,19-/m0/s1. The van der Waals surface area contributed by atoms with Crippen molar-refractivity contribution in [2.24, 2.45) is 5.41 Å². The highest BCUT2D eigenvalue weighted by Crippen LogP contribution is 2.43. The zero-order valence-corrected chi connectivity index (χ0v) is 15.8. The number of alkyl halides is 3. The highest BCUT2D eigenvalue weighted by atomic mass is 19.4. The Kier molecular flexibility index (Phi) is 5.02. The van der Waals surface area contributed by atoms with Crippen molar-refractivity contribution in [3.8, 4) is 0 Å². The number of hydrogen-bond acceptors (Lipinski definition) is 4. The lowest BCUT2D eigenvalue weighted by atomic mass is 9.78. The van der Waals surface area contributed by atoms with Crippen LogP contribution in [0.5, 0.6) is 0 Å². The van der Waals surface area contributed by atoms with Crippen LogP contribution in [0, 0.1) is 5.41 Å². The Hall–Kier alpha value is -1.83. The number of hydrogen-bond donors (Lipinski definition) is 1. The number of pyridine rings is 1. The van der Waals surface area contributed by atoms with Gasteiger partial charge in [-0.2, -0.15) is 13.2 Å². The fourth-order valence-electron chi connectivity index (χ4n) is 5.01. The Morgan fingerprint density at radius 2 is 1.86 bits per heavy atom. The summed E-state index contributed by atoms with van der Waals surface area (Å²) in [7, 11) is 0. The molecular weight excluding hydrogens is 371 g/mol. The Bertz CT molecular complexity index is 716. The SMILES string of the molecule is O=C1N(C2CCC(O)CC2)CC[C@]12CCCN(c1ccc(C(F)(F)F)cn1)C2. The lowest BCUT2D eigenvalue weighted by Gasteiger charge is -2.41. The molecule has 2 saturated heterocycles. The summed E-state index contributed by atoms with van der Waals surface area (Å²) in [5.41, 5.74) is -1.22. The summed E-state index contributed by atoms with van der Waals surface area (Å²) in [5.74, 6) is 0.671. The molecule has 1 spiro atoms. The number of nitrogens with zero attached hydrogens (tertiary/aromatic N) is 3. The molecule has 0 radical (unpaired) electrons. The van der Waals surface area contributed by atoms with Gasteiger partial charge in [-0.15, -0.1) is 0 Å². The predicted octanol–water partition coefficient (Wildman–Crippen LogP) is 3.22. The average Bonchev–Trinajstić information content (AvgIpc) is 2.98. The number of piperidine rings is 1. The van der Waals surface area contributed by atoms with E-state index in [2.05, 4.69) is 4.98 Å². The number of aromatic nitrogens is 1. The summed E-state index contributed by atoms with van der Waals surface area (Å²) in [6, 6.07) is 2.66. The van der Waals surface area contributed by atoms with Gasteiger partial charge in [0.05, 0.1) is 17.1 Å². The van der Waals surface area contributed by atoms with E-state index in [1.165, 1.54) is 6.07 Å². The first-order valence-corrected chi connectivity index (χ1v) is 10.1. The Labute approximate surface area is 162 Å². The van der Waals surface area contributed by atoms with Crippen molar-refractivity contribution in [3.05, 3.63) is 23.9 Å². The van der Waals surface area contributed by atoms with Gasteiger partial charge in [-0.1, -0.05) is 0 Å². The lowest BCUT2D eigenvalue weighted by Crippen LogP contribution is -2.50. The average molecular weight is 397 g/mol. The number of halogens is 3. The summed E-state index contributed by atoms with van der Waals surface area (Å²) in [4.78, 5) is 21.3. The van der Waals surface area contributed by atoms with Gasteiger partial charge in [-0.25, -0.2) is 4.98 Å². The fraction of sp³-hybridized carbons (Fsp3) is 0.700. The molecule has 0 bridgehead atoms. The van der Waals surface area contributed by atoms with Crippen LogP contribution in [0.4, 0.5) is 19.0 Å². The topological polar surface area (TPSA) is 56.7 Å². The minimum atomic E-state index is -4.40. The molecule has 1 aliphatic carbocycles. The third-order valence-corrected chi connectivity index (χ3v) is 6.63. The zero-order chi connectivity index (χ0) is 19.9. The van der Waals surface area contributed by atoms with Gasteiger partial charge in [0.1, 0.15) is 5.82 Å². The molecule has 0 aromatic carbocycles. The molecule has 3 heterocycles. The van der Waals surface area contributed by atoms with Crippen LogP contribution in [-0.2, 0) is 11.0 Å². The fourth-order valence-corrected chi connectivity index (χ4v) is 5.01. The predicted molar refractivity (Wildman–Crippen MR) is 97.7 cm³/mol. The maximum absolute atomic E-state index is 13.3. The second-order valence-corrected chi connectivity index (χ2v) is 8.42. The Morgan fingerprint density at radius 3 is 2.50 bits per heavy atom. The van der Waals surface area contributed by atoms with E-state index in [9.17, 15) is 23.1 Å². The molecule has 0 unspecified atom stereocenters. The zero-order valence-electron chi connectivity index (χ0n) is 15.8. The van der Waals surface area contributed by atoms with Crippen LogP contribution in [0.15, 0.2) is 18.3 Å². The largest absolute Gasteiger partial charge is 0.417 e. The summed E-state index contributed by atoms with van der Waals surface area (Å²) < 4.78 is 38.3. The van der Waals surface area contributed by atoms with E-state index in [1.807, 2.05) is 9.80 Å². The van der Waals surface area contributed by atoms with Gasteiger partial charge in [0.25, 0.3) is 0 Å². The molecule has 2 aliphatic heterocycles. The van der Waals surface area contributed by atoms with Crippen molar-refractivity contribution in [1.29, 1.82) is 0 Å². The number of carbonyl (C=O) groups is 1. The maximum atomic E-state index is 13.3. The maximum Gasteiger partial charge on any atom is 0.417 e. The minimum absolute atomic E-state index is 0.172. The quantitative estimate of drug-likeness (QED) is 0.833. The van der Waals surface area contributed by atoms with Gasteiger partial charge < -0.3 is 14.9 Å². The molecule has 1 amide bonds. The normalized spacial score (nSPS) is 31.6. The monoisotopic (exact) mass is 397 g/mol. The minimum Gasteiger partial charge on any atom is -0.393 e. The van der Waals surface area contributed by atoms with Gasteiger partial charge in [0.2, 0.25) is 5.91 Å². The molecule has 4 rings (SSSR count). The van der Waals surface area contributed by atoms with Crippen molar-refractivity contribution in [2.75, 3.05) is 24.5 Å². The number of rotatable bonds is 2. The Balaban J connectivity index is 1.47. The summed E-state index contributed by atoms with van der Waals surface area (Å²) in [6.45, 7) is 1.94. The first-order chi connectivity index (χ1) is 13.3. The molecule has 3 aliphatic rings. The van der Waals surface area contributed by atoms with E-state index in [1.54, 1.807) is 0 Å². The van der Waals surface area contributed by atoms with Crippen LogP contribution in [0.3, 0.4) is 0 Å². The smallest absolute Gasteiger partial charge is 0.393 e. The van der Waals surface area contributed by atoms with E-state index >= 15 is 0 Å². The number of aliphatic hydroxyl groups excluding tert-OH is 1. The Morgan fingerprint density at radius 1 is 1.11 bits per heavy atom. The third kappa shape index (κ3) is 3.58. The van der Waals surface area contributed by atoms with Gasteiger partial charge in [0, 0.05) is 31.9 Å². The molecular formula is C20H26F3N3O2. The first kappa shape index (κ1) is 19.5. The second kappa shape index (κ2) is 7.21. The number of anilines is 1. The molecule has 1 saturated carbocycles. The molecule has 5 nitrogen and oxygen atoms in total. The summed E-state index contributed by atoms with van der Waals surface area (Å²) in [6.07, 6.45) is 1.80. The van der Waals surface area contributed by atoms with Crippen molar-refractivity contribution < 1.29 is 23.1 Å². The van der Waals surface area contributed by atoms with Gasteiger partial charge >= 0.3 is 6.18 Å². The van der Waals surface area contributed by atoms with Crippen LogP contribution >= 0.6 is 0 Å². The van der Waals surface area contributed by atoms with E-state index in [4.69, 9.17) is 0 Å². The van der Waals surface area contributed by atoms with E-state index in [0.29, 0.717) is 18.9 Å². The van der Waals surface area contributed by atoms with Crippen molar-refractivity contribution in [2.45, 2.75) is 63.3 Å². The van der Waals surface area contributed by atoms with Crippen LogP contribution in [-0.4, -0.2) is 52.7 Å². The molecule has 1 aromatic rings. The highest BCUT2D eigenvalue weighted by Gasteiger charge is 2.50. The van der Waals surface area contributed by atoms with Gasteiger partial charge in [-0.05, 0) is 57.1 Å². The molecule has 8 heteroatoms. The summed E-state index contributed by atoms with van der Waals surface area (Å²) >= 11 is 0. The number of carbonyl (C=O) groups excluding carboxylic acids is 1. The number of aliphatic hydroxyl groups is 1. The van der Waals surface area contributed by atoms with Crippen molar-refractivity contribution in [3.63, 3.8) is 0 Å². The molecule has 154 valence electrons.